The van der Waals surface area contributed by atoms with Gasteiger partial charge in [-0.2, -0.15) is 0 Å². The van der Waals surface area contributed by atoms with Crippen molar-refractivity contribution in [3.8, 4) is 0 Å². The lowest BCUT2D eigenvalue weighted by Crippen LogP contribution is -2.42. The van der Waals surface area contributed by atoms with Crippen LogP contribution in [0.4, 0.5) is 0 Å². The minimum Gasteiger partial charge on any atom is -0.337 e. The van der Waals surface area contributed by atoms with Gasteiger partial charge >= 0.3 is 0 Å². The van der Waals surface area contributed by atoms with Gasteiger partial charge in [-0.3, -0.25) is 9.69 Å². The second-order valence-corrected chi connectivity index (χ2v) is 7.45. The average Bonchev–Trinajstić information content (AvgIpc) is 2.75. The maximum atomic E-state index is 13.1. The molecule has 3 aromatic rings. The van der Waals surface area contributed by atoms with Crippen LogP contribution in [0.5, 0.6) is 0 Å². The van der Waals surface area contributed by atoms with Gasteiger partial charge in [-0.15, -0.1) is 0 Å². The first-order chi connectivity index (χ1) is 13.8. The highest BCUT2D eigenvalue weighted by Crippen LogP contribution is 2.19. The molecule has 3 heteroatoms. The number of nitrogens with zero attached hydrogens (tertiary/aromatic N) is 2. The zero-order valence-corrected chi connectivity index (χ0v) is 16.1. The Kier molecular flexibility index (Phi) is 5.83. The third-order valence-corrected chi connectivity index (χ3v) is 5.34. The van der Waals surface area contributed by atoms with E-state index in [0.717, 1.165) is 32.6 Å². The molecule has 4 rings (SSSR count). The Bertz CT molecular complexity index is 867. The fourth-order valence-corrected chi connectivity index (χ4v) is 3.85. The van der Waals surface area contributed by atoms with E-state index in [0.29, 0.717) is 6.54 Å². The Morgan fingerprint density at radius 1 is 0.750 bits per heavy atom. The van der Waals surface area contributed by atoms with Crippen molar-refractivity contribution in [2.45, 2.75) is 26.1 Å². The van der Waals surface area contributed by atoms with Crippen LogP contribution in [0.15, 0.2) is 84.9 Å². The maximum absolute atomic E-state index is 13.1. The molecule has 1 aliphatic heterocycles. The molecule has 1 amide bonds. The molecular weight excluding hydrogens is 344 g/mol. The van der Waals surface area contributed by atoms with E-state index < -0.39 is 0 Å². The summed E-state index contributed by atoms with van der Waals surface area (Å²) in [6.07, 6.45) is 0.944. The summed E-state index contributed by atoms with van der Waals surface area (Å²) in [5.41, 5.74) is 5.11. The van der Waals surface area contributed by atoms with Crippen molar-refractivity contribution in [1.82, 2.24) is 9.80 Å². The van der Waals surface area contributed by atoms with Crippen LogP contribution in [0, 0.1) is 0 Å². The third-order valence-electron chi connectivity index (χ3n) is 5.34. The van der Waals surface area contributed by atoms with Crippen LogP contribution in [0.3, 0.4) is 0 Å². The Labute approximate surface area is 167 Å². The van der Waals surface area contributed by atoms with Crippen molar-refractivity contribution < 1.29 is 4.79 Å². The number of carbonyl (C=O) groups is 1. The quantitative estimate of drug-likeness (QED) is 0.647. The molecule has 0 radical (unpaired) electrons. The summed E-state index contributed by atoms with van der Waals surface area (Å²) in [6.45, 7) is 3.50. The van der Waals surface area contributed by atoms with Crippen molar-refractivity contribution in [3.05, 3.63) is 107 Å². The van der Waals surface area contributed by atoms with Gasteiger partial charge in [0.2, 0.25) is 5.91 Å². The molecular formula is C25H26N2O. The normalized spacial score (nSPS) is 13.4. The van der Waals surface area contributed by atoms with E-state index in [4.69, 9.17) is 0 Å². The molecule has 0 saturated carbocycles. The van der Waals surface area contributed by atoms with Crippen molar-refractivity contribution in [1.29, 1.82) is 0 Å². The van der Waals surface area contributed by atoms with Crippen molar-refractivity contribution in [2.75, 3.05) is 13.1 Å². The Balaban J connectivity index is 1.46. The van der Waals surface area contributed by atoms with Crippen LogP contribution in [0.2, 0.25) is 0 Å². The molecule has 1 aliphatic rings. The Hall–Kier alpha value is -2.91. The van der Waals surface area contributed by atoms with E-state index in [2.05, 4.69) is 77.7 Å². The van der Waals surface area contributed by atoms with Crippen molar-refractivity contribution in [3.63, 3.8) is 0 Å². The maximum Gasteiger partial charge on any atom is 0.237 e. The molecule has 28 heavy (non-hydrogen) atoms. The molecule has 142 valence electrons. The van der Waals surface area contributed by atoms with Crippen LogP contribution >= 0.6 is 0 Å². The lowest BCUT2D eigenvalue weighted by atomic mass is 10.00. The van der Waals surface area contributed by atoms with Crippen LogP contribution in [-0.2, 0) is 30.8 Å². The number of carbonyl (C=O) groups excluding carboxylic acids is 1. The van der Waals surface area contributed by atoms with Crippen LogP contribution < -0.4 is 0 Å². The van der Waals surface area contributed by atoms with E-state index in [9.17, 15) is 4.79 Å². The molecule has 0 fully saturated rings. The molecule has 0 saturated heterocycles. The number of benzene rings is 3. The smallest absolute Gasteiger partial charge is 0.237 e. The summed E-state index contributed by atoms with van der Waals surface area (Å²) in [6, 6.07) is 29.2. The second kappa shape index (κ2) is 8.85. The summed E-state index contributed by atoms with van der Waals surface area (Å²) >= 11 is 0. The predicted octanol–water partition coefficient (Wildman–Crippen LogP) is 4.27. The zero-order chi connectivity index (χ0) is 19.2. The van der Waals surface area contributed by atoms with E-state index in [1.807, 2.05) is 17.0 Å². The average molecular weight is 370 g/mol. The van der Waals surface area contributed by atoms with E-state index in [-0.39, 0.29) is 5.91 Å². The van der Waals surface area contributed by atoms with Gasteiger partial charge in [-0.05, 0) is 28.7 Å². The van der Waals surface area contributed by atoms with Gasteiger partial charge in [0.1, 0.15) is 0 Å². The fraction of sp³-hybridized carbons (Fsp3) is 0.240. The van der Waals surface area contributed by atoms with E-state index >= 15 is 0 Å². The first-order valence-corrected chi connectivity index (χ1v) is 9.93. The summed E-state index contributed by atoms with van der Waals surface area (Å²) in [5, 5.41) is 0. The summed E-state index contributed by atoms with van der Waals surface area (Å²) in [5.74, 6) is 0.210. The number of fused-ring (bicyclic) bond motifs is 1. The molecule has 1 heterocycles. The largest absolute Gasteiger partial charge is 0.337 e. The Morgan fingerprint density at radius 2 is 1.29 bits per heavy atom. The minimum absolute atomic E-state index is 0.210. The number of hydrogen-bond donors (Lipinski definition) is 0. The highest BCUT2D eigenvalue weighted by Gasteiger charge is 2.22. The van der Waals surface area contributed by atoms with Gasteiger partial charge in [0.25, 0.3) is 0 Å². The van der Waals surface area contributed by atoms with E-state index in [1.165, 1.54) is 22.3 Å². The van der Waals surface area contributed by atoms with Gasteiger partial charge in [0.15, 0.2) is 0 Å². The summed E-state index contributed by atoms with van der Waals surface area (Å²) in [4.78, 5) is 17.3. The lowest BCUT2D eigenvalue weighted by molar-refractivity contribution is -0.133. The molecule has 0 atom stereocenters. The van der Waals surface area contributed by atoms with Crippen molar-refractivity contribution >= 4 is 5.91 Å². The second-order valence-electron chi connectivity index (χ2n) is 7.45. The fourth-order valence-electron chi connectivity index (χ4n) is 3.85. The highest BCUT2D eigenvalue weighted by molar-refractivity contribution is 5.78. The number of hydrogen-bond acceptors (Lipinski definition) is 2. The van der Waals surface area contributed by atoms with E-state index in [1.54, 1.807) is 0 Å². The SMILES string of the molecule is O=C(CN(Cc1ccccc1)Cc1ccccc1)N1CCc2ccccc2C1. The van der Waals surface area contributed by atoms with Gasteiger partial charge < -0.3 is 4.90 Å². The molecule has 0 aromatic heterocycles. The molecule has 0 unspecified atom stereocenters. The zero-order valence-electron chi connectivity index (χ0n) is 16.1. The standard InChI is InChI=1S/C25H26N2O/c28-25(27-16-15-23-13-7-8-14-24(23)19-27)20-26(17-21-9-3-1-4-10-21)18-22-11-5-2-6-12-22/h1-14H,15-20H2. The summed E-state index contributed by atoms with van der Waals surface area (Å²) in [7, 11) is 0. The van der Waals surface area contributed by atoms with Crippen LogP contribution in [-0.4, -0.2) is 28.8 Å². The Morgan fingerprint density at radius 3 is 1.89 bits per heavy atom. The molecule has 0 spiro atoms. The number of amides is 1. The molecule has 0 N–H and O–H groups in total. The lowest BCUT2D eigenvalue weighted by Gasteiger charge is -2.31. The molecule has 3 nitrogen and oxygen atoms in total. The minimum atomic E-state index is 0.210. The van der Waals surface area contributed by atoms with Gasteiger partial charge in [-0.25, -0.2) is 0 Å². The predicted molar refractivity (Wildman–Crippen MR) is 113 cm³/mol. The topological polar surface area (TPSA) is 23.6 Å². The monoisotopic (exact) mass is 370 g/mol. The summed E-state index contributed by atoms with van der Waals surface area (Å²) < 4.78 is 0. The van der Waals surface area contributed by atoms with Gasteiger partial charge in [-0.1, -0.05) is 84.9 Å². The van der Waals surface area contributed by atoms with Crippen LogP contribution in [0.1, 0.15) is 22.3 Å². The molecule has 0 aliphatic carbocycles. The highest BCUT2D eigenvalue weighted by atomic mass is 16.2. The van der Waals surface area contributed by atoms with Crippen molar-refractivity contribution in [2.24, 2.45) is 0 Å². The van der Waals surface area contributed by atoms with Gasteiger partial charge in [0, 0.05) is 26.2 Å². The van der Waals surface area contributed by atoms with Gasteiger partial charge in [0.05, 0.1) is 6.54 Å². The first kappa shape index (κ1) is 18.5. The number of rotatable bonds is 6. The third kappa shape index (κ3) is 4.68. The molecule has 0 bridgehead atoms. The first-order valence-electron chi connectivity index (χ1n) is 9.93. The molecule has 3 aromatic carbocycles. The van der Waals surface area contributed by atoms with Crippen LogP contribution in [0.25, 0.3) is 0 Å².